The summed E-state index contributed by atoms with van der Waals surface area (Å²) < 4.78 is 70.2. The molecule has 3 rings (SSSR count). The molecule has 2 aromatic carbocycles. The fraction of sp³-hybridized carbons (Fsp3) is 0.0500. The molecule has 3 aromatic rings. The van der Waals surface area contributed by atoms with Gasteiger partial charge >= 0.3 is 0 Å². The van der Waals surface area contributed by atoms with Gasteiger partial charge in [0.1, 0.15) is 29.0 Å². The molecule has 0 spiro atoms. The molecule has 3 N–H and O–H groups in total. The van der Waals surface area contributed by atoms with E-state index in [1.807, 2.05) is 5.32 Å². The zero-order valence-corrected chi connectivity index (χ0v) is 17.0. The number of anilines is 3. The third-order valence-electron chi connectivity index (χ3n) is 3.96. The Kier molecular flexibility index (Phi) is 6.83. The van der Waals surface area contributed by atoms with Crippen LogP contribution in [-0.4, -0.2) is 21.0 Å². The van der Waals surface area contributed by atoms with Crippen molar-refractivity contribution in [1.82, 2.24) is 4.98 Å². The maximum absolute atomic E-state index is 14.8. The average molecular weight is 466 g/mol. The van der Waals surface area contributed by atoms with Gasteiger partial charge in [-0.05, 0) is 36.4 Å². The van der Waals surface area contributed by atoms with Crippen molar-refractivity contribution in [2.75, 3.05) is 15.4 Å². The second-order valence-electron chi connectivity index (χ2n) is 6.30. The highest BCUT2D eigenvalue weighted by molar-refractivity contribution is 7.86. The van der Waals surface area contributed by atoms with E-state index < -0.39 is 56.4 Å². The number of hydrogen-bond acceptors (Lipinski definition) is 4. The lowest BCUT2D eigenvalue weighted by atomic mass is 10.2. The molecular formula is C20H14F4N4O3S. The highest BCUT2D eigenvalue weighted by Gasteiger charge is 2.20. The van der Waals surface area contributed by atoms with E-state index in [1.54, 1.807) is 0 Å². The number of amides is 2. The topological polar surface area (TPSA) is 100 Å². The maximum Gasteiger partial charge on any atom is 0.257 e. The minimum absolute atomic E-state index is 0.0618. The number of halogens is 4. The summed E-state index contributed by atoms with van der Waals surface area (Å²) in [7, 11) is -2.35. The third kappa shape index (κ3) is 5.27. The van der Waals surface area contributed by atoms with Gasteiger partial charge in [-0.15, -0.1) is 0 Å². The minimum atomic E-state index is -2.35. The number of pyridine rings is 1. The quantitative estimate of drug-likeness (QED) is 0.479. The minimum Gasteiger partial charge on any atom is -0.317 e. The molecule has 0 fully saturated rings. The molecule has 0 radical (unpaired) electrons. The van der Waals surface area contributed by atoms with Crippen LogP contribution in [0, 0.1) is 23.3 Å². The van der Waals surface area contributed by atoms with Crippen molar-refractivity contribution < 1.29 is 31.4 Å². The summed E-state index contributed by atoms with van der Waals surface area (Å²) in [5.74, 6) is -5.54. The Morgan fingerprint density at radius 3 is 2.31 bits per heavy atom. The molecule has 12 heteroatoms. The van der Waals surface area contributed by atoms with Crippen LogP contribution in [0.15, 0.2) is 53.6 Å². The number of carbonyl (C=O) groups is 2. The number of rotatable bonds is 6. The summed E-state index contributed by atoms with van der Waals surface area (Å²) in [4.78, 5) is 26.7. The Morgan fingerprint density at radius 1 is 0.938 bits per heavy atom. The van der Waals surface area contributed by atoms with Gasteiger partial charge in [-0.2, -0.15) is 0 Å². The molecule has 0 aliphatic carbocycles. The van der Waals surface area contributed by atoms with Gasteiger partial charge in [-0.25, -0.2) is 26.8 Å². The second-order valence-corrected chi connectivity index (χ2v) is 7.48. The van der Waals surface area contributed by atoms with Crippen LogP contribution in [0.25, 0.3) is 0 Å². The number of aromatic nitrogens is 1. The van der Waals surface area contributed by atoms with E-state index in [9.17, 15) is 31.4 Å². The van der Waals surface area contributed by atoms with E-state index in [4.69, 9.17) is 0 Å². The Hall–Kier alpha value is -3.80. The Bertz CT molecular complexity index is 1220. The lowest BCUT2D eigenvalue weighted by molar-refractivity contribution is -0.114. The number of nitrogens with zero attached hydrogens (tertiary/aromatic N) is 1. The summed E-state index contributed by atoms with van der Waals surface area (Å²) in [6.45, 7) is 1.27. The SMILES string of the molecule is CC(=O)Nc1ccc(C(=O)Nc2c(F)ccc(NS(=O)c3ccc(F)cc3F)c2F)cn1. The van der Waals surface area contributed by atoms with E-state index in [-0.39, 0.29) is 17.3 Å². The lowest BCUT2D eigenvalue weighted by Gasteiger charge is -2.13. The van der Waals surface area contributed by atoms with Gasteiger partial charge in [0.2, 0.25) is 5.91 Å². The van der Waals surface area contributed by atoms with Crippen molar-refractivity contribution >= 4 is 40.0 Å². The zero-order chi connectivity index (χ0) is 23.4. The first-order valence-corrected chi connectivity index (χ1v) is 9.97. The first-order valence-electron chi connectivity index (χ1n) is 8.82. The van der Waals surface area contributed by atoms with Crippen molar-refractivity contribution in [3.05, 3.63) is 77.5 Å². The highest BCUT2D eigenvalue weighted by atomic mass is 32.2. The number of nitrogens with one attached hydrogen (secondary N) is 3. The monoisotopic (exact) mass is 466 g/mol. The molecule has 1 atom stereocenters. The summed E-state index contributed by atoms with van der Waals surface area (Å²) >= 11 is 0. The molecule has 0 saturated carbocycles. The third-order valence-corrected chi connectivity index (χ3v) is 5.09. The molecule has 0 aliphatic rings. The van der Waals surface area contributed by atoms with Crippen molar-refractivity contribution in [3.8, 4) is 0 Å². The van der Waals surface area contributed by atoms with Gasteiger partial charge in [0, 0.05) is 19.2 Å². The average Bonchev–Trinajstić information content (AvgIpc) is 2.73. The first kappa shape index (κ1) is 22.9. The van der Waals surface area contributed by atoms with Crippen LogP contribution >= 0.6 is 0 Å². The summed E-state index contributed by atoms with van der Waals surface area (Å²) in [5.41, 5.74) is -1.40. The Morgan fingerprint density at radius 2 is 1.69 bits per heavy atom. The van der Waals surface area contributed by atoms with Crippen LogP contribution in [0.4, 0.5) is 34.8 Å². The van der Waals surface area contributed by atoms with Crippen molar-refractivity contribution in [3.63, 3.8) is 0 Å². The highest BCUT2D eigenvalue weighted by Crippen LogP contribution is 2.28. The number of carbonyl (C=O) groups excluding carboxylic acids is 2. The molecule has 2 amide bonds. The van der Waals surface area contributed by atoms with Crippen LogP contribution in [0.3, 0.4) is 0 Å². The van der Waals surface area contributed by atoms with Crippen molar-refractivity contribution in [2.45, 2.75) is 11.8 Å². The van der Waals surface area contributed by atoms with Crippen LogP contribution in [0.5, 0.6) is 0 Å². The summed E-state index contributed by atoms with van der Waals surface area (Å²) in [5, 5.41) is 4.45. The van der Waals surface area contributed by atoms with Crippen LogP contribution < -0.4 is 15.4 Å². The van der Waals surface area contributed by atoms with Gasteiger partial charge in [0.05, 0.1) is 16.1 Å². The molecular weight excluding hydrogens is 452 g/mol. The van der Waals surface area contributed by atoms with Gasteiger partial charge in [-0.1, -0.05) is 0 Å². The smallest absolute Gasteiger partial charge is 0.257 e. The molecule has 1 aromatic heterocycles. The second kappa shape index (κ2) is 9.56. The van der Waals surface area contributed by atoms with E-state index in [0.717, 1.165) is 30.5 Å². The Balaban J connectivity index is 1.80. The fourth-order valence-electron chi connectivity index (χ4n) is 2.49. The van der Waals surface area contributed by atoms with Gasteiger partial charge in [0.25, 0.3) is 5.91 Å². The predicted octanol–water partition coefficient (Wildman–Crippen LogP) is 3.98. The number of benzene rings is 2. The molecule has 1 heterocycles. The molecule has 0 bridgehead atoms. The predicted molar refractivity (Wildman–Crippen MR) is 109 cm³/mol. The van der Waals surface area contributed by atoms with Gasteiger partial charge < -0.3 is 10.6 Å². The standard InChI is InChI=1S/C20H14F4N4O3S/c1-10(29)26-17-7-2-11(9-25-17)20(30)27-19-13(22)4-5-15(18(19)24)28-32(31)16-6-3-12(21)8-14(16)23/h2-9,28H,1H3,(H,27,30)(H,25,26,29). The van der Waals surface area contributed by atoms with Crippen LogP contribution in [0.1, 0.15) is 17.3 Å². The molecule has 0 saturated heterocycles. The van der Waals surface area contributed by atoms with Crippen LogP contribution in [0.2, 0.25) is 0 Å². The molecule has 166 valence electrons. The van der Waals surface area contributed by atoms with Gasteiger partial charge in [-0.3, -0.25) is 14.3 Å². The fourth-order valence-corrected chi connectivity index (χ4v) is 3.39. The van der Waals surface area contributed by atoms with Crippen molar-refractivity contribution in [2.24, 2.45) is 0 Å². The lowest BCUT2D eigenvalue weighted by Crippen LogP contribution is -2.16. The van der Waals surface area contributed by atoms with Crippen molar-refractivity contribution in [1.29, 1.82) is 0 Å². The summed E-state index contributed by atoms with van der Waals surface area (Å²) in [6, 6.07) is 6.60. The van der Waals surface area contributed by atoms with E-state index >= 15 is 0 Å². The number of hydrogen-bond donors (Lipinski definition) is 3. The largest absolute Gasteiger partial charge is 0.317 e. The van der Waals surface area contributed by atoms with E-state index in [1.165, 1.54) is 19.1 Å². The first-order chi connectivity index (χ1) is 15.2. The zero-order valence-electron chi connectivity index (χ0n) is 16.2. The van der Waals surface area contributed by atoms with Gasteiger partial charge in [0.15, 0.2) is 16.8 Å². The Labute approximate surface area is 181 Å². The summed E-state index contributed by atoms with van der Waals surface area (Å²) in [6.07, 6.45) is 1.09. The maximum atomic E-state index is 14.8. The molecule has 0 aliphatic heterocycles. The molecule has 7 nitrogen and oxygen atoms in total. The normalized spacial score (nSPS) is 11.5. The molecule has 32 heavy (non-hydrogen) atoms. The van der Waals surface area contributed by atoms with Crippen LogP contribution in [-0.2, 0) is 15.8 Å². The van der Waals surface area contributed by atoms with E-state index in [2.05, 4.69) is 15.0 Å². The van der Waals surface area contributed by atoms with E-state index in [0.29, 0.717) is 6.07 Å². The molecule has 1 unspecified atom stereocenters.